The van der Waals surface area contributed by atoms with Crippen molar-refractivity contribution < 1.29 is 4.79 Å². The van der Waals surface area contributed by atoms with E-state index in [2.05, 4.69) is 17.1 Å². The van der Waals surface area contributed by atoms with E-state index < -0.39 is 5.91 Å². The van der Waals surface area contributed by atoms with Crippen molar-refractivity contribution >= 4 is 17.4 Å². The van der Waals surface area contributed by atoms with Gasteiger partial charge in [0.15, 0.2) is 5.96 Å². The van der Waals surface area contributed by atoms with E-state index in [0.29, 0.717) is 11.1 Å². The molecule has 5 heteroatoms. The number of fused-ring (bicyclic) bond motifs is 1. The number of amides is 1. The fraction of sp³-hybridized carbons (Fsp3) is 0.105. The third kappa shape index (κ3) is 3.03. The van der Waals surface area contributed by atoms with Crippen LogP contribution in [0.5, 0.6) is 0 Å². The van der Waals surface area contributed by atoms with Crippen molar-refractivity contribution in [1.29, 1.82) is 5.26 Å². The Morgan fingerprint density at radius 2 is 2.00 bits per heavy atom. The number of guanidine groups is 1. The number of aliphatic imine (C=N–C) groups is 1. The summed E-state index contributed by atoms with van der Waals surface area (Å²) in [6.45, 7) is 0. The number of carbonyl (C=O) groups excluding carboxylic acids is 1. The molecule has 24 heavy (non-hydrogen) atoms. The Bertz CT molecular complexity index is 915. The number of benzene rings is 2. The fourth-order valence-electron chi connectivity index (χ4n) is 2.87. The number of hydrogen-bond acceptors (Lipinski definition) is 2. The summed E-state index contributed by atoms with van der Waals surface area (Å²) in [5.41, 5.74) is 15.7. The van der Waals surface area contributed by atoms with E-state index in [1.54, 1.807) is 12.1 Å². The smallest absolute Gasteiger partial charge is 0.280 e. The van der Waals surface area contributed by atoms with Crippen molar-refractivity contribution in [2.75, 3.05) is 0 Å². The first-order valence-electron chi connectivity index (χ1n) is 7.56. The predicted molar refractivity (Wildman–Crippen MR) is 93.1 cm³/mol. The molecule has 0 aliphatic heterocycles. The molecule has 1 aliphatic rings. The normalized spacial score (nSPS) is 12.5. The van der Waals surface area contributed by atoms with Crippen molar-refractivity contribution in [3.8, 4) is 6.07 Å². The van der Waals surface area contributed by atoms with Crippen LogP contribution in [0.25, 0.3) is 5.57 Å². The quantitative estimate of drug-likeness (QED) is 0.655. The van der Waals surface area contributed by atoms with Gasteiger partial charge in [-0.15, -0.1) is 0 Å². The van der Waals surface area contributed by atoms with Gasteiger partial charge in [-0.3, -0.25) is 4.79 Å². The summed E-state index contributed by atoms with van der Waals surface area (Å²) in [6, 6.07) is 15.1. The van der Waals surface area contributed by atoms with Crippen LogP contribution in [0.4, 0.5) is 0 Å². The molecule has 118 valence electrons. The van der Waals surface area contributed by atoms with Gasteiger partial charge in [0, 0.05) is 5.56 Å². The molecule has 5 nitrogen and oxygen atoms in total. The van der Waals surface area contributed by atoms with Gasteiger partial charge in [-0.05, 0) is 59.4 Å². The van der Waals surface area contributed by atoms with E-state index >= 15 is 0 Å². The number of nitriles is 1. The summed E-state index contributed by atoms with van der Waals surface area (Å²) in [7, 11) is 0. The predicted octanol–water partition coefficient (Wildman–Crippen LogP) is 2.35. The van der Waals surface area contributed by atoms with Crippen LogP contribution in [-0.2, 0) is 6.42 Å². The van der Waals surface area contributed by atoms with Crippen LogP contribution in [0.15, 0.2) is 53.5 Å². The van der Waals surface area contributed by atoms with E-state index in [1.165, 1.54) is 0 Å². The molecule has 0 fully saturated rings. The minimum absolute atomic E-state index is 0.254. The van der Waals surface area contributed by atoms with Crippen LogP contribution in [-0.4, -0.2) is 11.9 Å². The zero-order chi connectivity index (χ0) is 17.1. The van der Waals surface area contributed by atoms with E-state index in [4.69, 9.17) is 16.7 Å². The average Bonchev–Trinajstić information content (AvgIpc) is 2.60. The van der Waals surface area contributed by atoms with Gasteiger partial charge >= 0.3 is 0 Å². The highest BCUT2D eigenvalue weighted by atomic mass is 16.1. The highest BCUT2D eigenvalue weighted by Crippen LogP contribution is 2.32. The van der Waals surface area contributed by atoms with Crippen molar-refractivity contribution in [2.24, 2.45) is 16.5 Å². The number of rotatable bonds is 2. The van der Waals surface area contributed by atoms with E-state index in [0.717, 1.165) is 35.1 Å². The number of allylic oxidation sites excluding steroid dienone is 1. The van der Waals surface area contributed by atoms with Crippen LogP contribution in [0.3, 0.4) is 0 Å². The molecule has 0 spiro atoms. The van der Waals surface area contributed by atoms with Crippen LogP contribution < -0.4 is 11.5 Å². The first-order chi connectivity index (χ1) is 11.6. The Kier molecular flexibility index (Phi) is 4.13. The molecule has 0 radical (unpaired) electrons. The van der Waals surface area contributed by atoms with Gasteiger partial charge in [-0.25, -0.2) is 0 Å². The largest absolute Gasteiger partial charge is 0.370 e. The van der Waals surface area contributed by atoms with E-state index in [9.17, 15) is 4.79 Å². The number of hydrogen-bond donors (Lipinski definition) is 2. The molecule has 0 aromatic heterocycles. The molecule has 4 N–H and O–H groups in total. The summed E-state index contributed by atoms with van der Waals surface area (Å²) in [4.78, 5) is 15.7. The SMILES string of the molecule is N#Cc1cccc(C2=CCCc3ccc(C(=O)N=C(N)N)cc32)c1. The Morgan fingerprint density at radius 1 is 1.17 bits per heavy atom. The highest BCUT2D eigenvalue weighted by Gasteiger charge is 2.17. The maximum absolute atomic E-state index is 12.1. The van der Waals surface area contributed by atoms with Gasteiger partial charge < -0.3 is 11.5 Å². The Morgan fingerprint density at radius 3 is 2.75 bits per heavy atom. The number of nitrogens with two attached hydrogens (primary N) is 2. The maximum Gasteiger partial charge on any atom is 0.280 e. The molecule has 0 atom stereocenters. The zero-order valence-electron chi connectivity index (χ0n) is 13.0. The molecule has 0 heterocycles. The molecule has 0 saturated carbocycles. The Balaban J connectivity index is 2.07. The molecular weight excluding hydrogens is 300 g/mol. The minimum atomic E-state index is -0.464. The van der Waals surface area contributed by atoms with Crippen LogP contribution in [0.1, 0.15) is 39.0 Å². The van der Waals surface area contributed by atoms with Gasteiger partial charge in [-0.1, -0.05) is 24.3 Å². The lowest BCUT2D eigenvalue weighted by Crippen LogP contribution is -2.24. The molecule has 3 rings (SSSR count). The number of aryl methyl sites for hydroxylation is 1. The minimum Gasteiger partial charge on any atom is -0.370 e. The maximum atomic E-state index is 12.1. The van der Waals surface area contributed by atoms with Gasteiger partial charge in [0.1, 0.15) is 0 Å². The average molecular weight is 316 g/mol. The van der Waals surface area contributed by atoms with Crippen molar-refractivity contribution in [1.82, 2.24) is 0 Å². The van der Waals surface area contributed by atoms with Crippen molar-refractivity contribution in [3.05, 3.63) is 76.4 Å². The van der Waals surface area contributed by atoms with Crippen LogP contribution in [0, 0.1) is 11.3 Å². The molecule has 1 aliphatic carbocycles. The van der Waals surface area contributed by atoms with Crippen LogP contribution in [0.2, 0.25) is 0 Å². The van der Waals surface area contributed by atoms with Gasteiger partial charge in [-0.2, -0.15) is 10.3 Å². The second kappa shape index (κ2) is 6.39. The molecule has 1 amide bonds. The van der Waals surface area contributed by atoms with Crippen LogP contribution >= 0.6 is 0 Å². The first-order valence-corrected chi connectivity index (χ1v) is 7.56. The Hall–Kier alpha value is -3.39. The summed E-state index contributed by atoms with van der Waals surface area (Å²) in [6.07, 6.45) is 3.96. The monoisotopic (exact) mass is 316 g/mol. The molecule has 2 aromatic carbocycles. The molecular formula is C19H16N4O. The lowest BCUT2D eigenvalue weighted by Gasteiger charge is -2.19. The summed E-state index contributed by atoms with van der Waals surface area (Å²) >= 11 is 0. The molecule has 0 saturated heterocycles. The molecule has 0 unspecified atom stereocenters. The summed E-state index contributed by atoms with van der Waals surface area (Å²) in [5, 5.41) is 9.10. The number of carbonyl (C=O) groups is 1. The van der Waals surface area contributed by atoms with Crippen molar-refractivity contribution in [3.63, 3.8) is 0 Å². The fourth-order valence-corrected chi connectivity index (χ4v) is 2.87. The molecule has 0 bridgehead atoms. The highest BCUT2D eigenvalue weighted by molar-refractivity contribution is 6.02. The third-order valence-electron chi connectivity index (χ3n) is 3.94. The lowest BCUT2D eigenvalue weighted by atomic mass is 9.85. The van der Waals surface area contributed by atoms with E-state index in [-0.39, 0.29) is 5.96 Å². The summed E-state index contributed by atoms with van der Waals surface area (Å²) in [5.74, 6) is -0.719. The zero-order valence-corrected chi connectivity index (χ0v) is 13.0. The second-order valence-electron chi connectivity index (χ2n) is 5.56. The lowest BCUT2D eigenvalue weighted by molar-refractivity contribution is 0.100. The molecule has 2 aromatic rings. The first kappa shape index (κ1) is 15.5. The van der Waals surface area contributed by atoms with Crippen molar-refractivity contribution in [2.45, 2.75) is 12.8 Å². The van der Waals surface area contributed by atoms with Gasteiger partial charge in [0.25, 0.3) is 5.91 Å². The van der Waals surface area contributed by atoms with Gasteiger partial charge in [0.2, 0.25) is 0 Å². The van der Waals surface area contributed by atoms with E-state index in [1.807, 2.05) is 30.3 Å². The third-order valence-corrected chi connectivity index (χ3v) is 3.94. The topological polar surface area (TPSA) is 105 Å². The van der Waals surface area contributed by atoms with Gasteiger partial charge in [0.05, 0.1) is 11.6 Å². The second-order valence-corrected chi connectivity index (χ2v) is 5.56. The number of nitrogens with zero attached hydrogens (tertiary/aromatic N) is 2. The summed E-state index contributed by atoms with van der Waals surface area (Å²) < 4.78 is 0. The standard InChI is InChI=1S/C19H16N4O/c20-11-12-3-1-5-14(9-12)16-6-2-4-13-7-8-15(10-17(13)16)18(24)23-19(21)22/h1,3,5-10H,2,4H2,(H4,21,22,23,24). The Labute approximate surface area is 139 Å².